The maximum atomic E-state index is 11.6. The van der Waals surface area contributed by atoms with Crippen molar-refractivity contribution >= 4 is 15.5 Å². The standard InChI is InChI=1S/C24H38N2O3S/c1-23(2,3)26-15-11-24(12-16-26)10-7-20-17-21(5-6-22(20)29-24)25-13-8-19(9-14-25)18-30(4,27)28/h5-6,17,19H,7-16,18H2,1-4H3. The molecular formula is C24H38N2O3S. The molecule has 2 fully saturated rings. The third-order valence-corrected chi connectivity index (χ3v) is 8.44. The molecular weight excluding hydrogens is 396 g/mol. The van der Waals surface area contributed by atoms with Crippen LogP contribution >= 0.6 is 0 Å². The zero-order valence-corrected chi connectivity index (χ0v) is 19.9. The van der Waals surface area contributed by atoms with Crippen LogP contribution in [0, 0.1) is 5.92 Å². The van der Waals surface area contributed by atoms with Crippen LogP contribution < -0.4 is 9.64 Å². The van der Waals surface area contributed by atoms with Crippen LogP contribution in [0.3, 0.4) is 0 Å². The zero-order chi connectivity index (χ0) is 21.6. The first kappa shape index (κ1) is 21.9. The minimum atomic E-state index is -2.88. The van der Waals surface area contributed by atoms with Crippen molar-refractivity contribution in [2.45, 2.75) is 70.4 Å². The summed E-state index contributed by atoms with van der Waals surface area (Å²) in [5, 5.41) is 0. The van der Waals surface area contributed by atoms with Gasteiger partial charge < -0.3 is 9.64 Å². The Balaban J connectivity index is 1.37. The Labute approximate surface area is 182 Å². The predicted molar refractivity (Wildman–Crippen MR) is 123 cm³/mol. The molecule has 1 spiro atoms. The molecule has 4 rings (SSSR count). The highest BCUT2D eigenvalue weighted by atomic mass is 32.2. The van der Waals surface area contributed by atoms with Crippen LogP contribution in [0.5, 0.6) is 5.75 Å². The third-order valence-electron chi connectivity index (χ3n) is 7.36. The van der Waals surface area contributed by atoms with Crippen LogP contribution in [0.4, 0.5) is 5.69 Å². The molecule has 0 aliphatic carbocycles. The minimum Gasteiger partial charge on any atom is -0.487 e. The van der Waals surface area contributed by atoms with Crippen LogP contribution in [0.1, 0.15) is 58.4 Å². The second kappa shape index (κ2) is 8.01. The number of rotatable bonds is 3. The van der Waals surface area contributed by atoms with Gasteiger partial charge in [-0.15, -0.1) is 0 Å². The molecule has 0 radical (unpaired) electrons. The number of ether oxygens (including phenoxy) is 1. The second-order valence-corrected chi connectivity index (χ2v) is 12.9. The monoisotopic (exact) mass is 434 g/mol. The molecule has 0 N–H and O–H groups in total. The summed E-state index contributed by atoms with van der Waals surface area (Å²) in [4.78, 5) is 4.98. The van der Waals surface area contributed by atoms with Gasteiger partial charge in [0.05, 0.1) is 5.75 Å². The third kappa shape index (κ3) is 4.96. The molecule has 6 heteroatoms. The van der Waals surface area contributed by atoms with Crippen LogP contribution in [-0.2, 0) is 16.3 Å². The topological polar surface area (TPSA) is 49.9 Å². The molecule has 0 aromatic heterocycles. The Kier molecular flexibility index (Phi) is 5.86. The first-order chi connectivity index (χ1) is 14.0. The van der Waals surface area contributed by atoms with Crippen molar-refractivity contribution in [3.63, 3.8) is 0 Å². The smallest absolute Gasteiger partial charge is 0.147 e. The number of hydrogen-bond donors (Lipinski definition) is 0. The quantitative estimate of drug-likeness (QED) is 0.722. The van der Waals surface area contributed by atoms with Crippen LogP contribution in [-0.4, -0.2) is 62.6 Å². The number of anilines is 1. The van der Waals surface area contributed by atoms with Gasteiger partial charge in [-0.2, -0.15) is 0 Å². The zero-order valence-electron chi connectivity index (χ0n) is 19.1. The SMILES string of the molecule is CC(C)(C)N1CCC2(CCc3cc(N4CCC(CS(C)(=O)=O)CC4)ccc3O2)CC1. The molecule has 3 aliphatic rings. The highest BCUT2D eigenvalue weighted by molar-refractivity contribution is 7.90. The number of sulfone groups is 1. The van der Waals surface area contributed by atoms with Gasteiger partial charge in [-0.3, -0.25) is 4.90 Å². The minimum absolute atomic E-state index is 0.0141. The number of likely N-dealkylation sites (tertiary alicyclic amines) is 1. The van der Waals surface area contributed by atoms with Crippen LogP contribution in [0.25, 0.3) is 0 Å². The maximum absolute atomic E-state index is 11.6. The normalized spacial score (nSPS) is 23.3. The summed E-state index contributed by atoms with van der Waals surface area (Å²) in [6.45, 7) is 11.0. The van der Waals surface area contributed by atoms with Gasteiger partial charge in [0.1, 0.15) is 21.2 Å². The molecule has 30 heavy (non-hydrogen) atoms. The molecule has 0 amide bonds. The molecule has 0 bridgehead atoms. The highest BCUT2D eigenvalue weighted by Crippen LogP contribution is 2.41. The summed E-state index contributed by atoms with van der Waals surface area (Å²) in [5.74, 6) is 1.70. The molecule has 1 aromatic rings. The largest absolute Gasteiger partial charge is 0.487 e. The lowest BCUT2D eigenvalue weighted by Gasteiger charge is -2.48. The summed E-state index contributed by atoms with van der Waals surface area (Å²) >= 11 is 0. The summed E-state index contributed by atoms with van der Waals surface area (Å²) in [7, 11) is -2.88. The Morgan fingerprint density at radius 1 is 1.07 bits per heavy atom. The van der Waals surface area contributed by atoms with Gasteiger partial charge in [0.15, 0.2) is 0 Å². The van der Waals surface area contributed by atoms with E-state index in [9.17, 15) is 8.42 Å². The molecule has 3 heterocycles. The van der Waals surface area contributed by atoms with Crippen molar-refractivity contribution < 1.29 is 13.2 Å². The van der Waals surface area contributed by atoms with Gasteiger partial charge in [-0.1, -0.05) is 0 Å². The van der Waals surface area contributed by atoms with E-state index >= 15 is 0 Å². The van der Waals surface area contributed by atoms with E-state index in [2.05, 4.69) is 48.8 Å². The molecule has 2 saturated heterocycles. The van der Waals surface area contributed by atoms with Gasteiger partial charge >= 0.3 is 0 Å². The predicted octanol–water partition coefficient (Wildman–Crippen LogP) is 3.91. The lowest BCUT2D eigenvalue weighted by molar-refractivity contribution is -0.0355. The van der Waals surface area contributed by atoms with E-state index in [1.807, 2.05) is 0 Å². The lowest BCUT2D eigenvalue weighted by Crippen LogP contribution is -2.54. The van der Waals surface area contributed by atoms with E-state index in [-0.39, 0.29) is 11.1 Å². The molecule has 1 aromatic carbocycles. The Bertz CT molecular complexity index is 859. The van der Waals surface area contributed by atoms with Gasteiger partial charge in [-0.25, -0.2) is 8.42 Å². The van der Waals surface area contributed by atoms with Crippen molar-refractivity contribution in [2.75, 3.05) is 43.1 Å². The van der Waals surface area contributed by atoms with Gasteiger partial charge in [0, 0.05) is 43.7 Å². The number of benzene rings is 1. The number of fused-ring (bicyclic) bond motifs is 1. The first-order valence-corrected chi connectivity index (χ1v) is 13.6. The van der Waals surface area contributed by atoms with Crippen molar-refractivity contribution in [3.05, 3.63) is 23.8 Å². The van der Waals surface area contributed by atoms with Gasteiger partial charge in [0.25, 0.3) is 0 Å². The molecule has 0 atom stereocenters. The highest BCUT2D eigenvalue weighted by Gasteiger charge is 2.41. The summed E-state index contributed by atoms with van der Waals surface area (Å²) in [6, 6.07) is 6.67. The fourth-order valence-corrected chi connectivity index (χ4v) is 6.62. The molecule has 168 valence electrons. The van der Waals surface area contributed by atoms with Crippen molar-refractivity contribution in [3.8, 4) is 5.75 Å². The van der Waals surface area contributed by atoms with E-state index in [0.29, 0.717) is 11.7 Å². The molecule has 0 unspecified atom stereocenters. The van der Waals surface area contributed by atoms with Crippen LogP contribution in [0.2, 0.25) is 0 Å². The van der Waals surface area contributed by atoms with Crippen molar-refractivity contribution in [2.24, 2.45) is 5.92 Å². The van der Waals surface area contributed by atoms with Gasteiger partial charge in [-0.05, 0) is 89.0 Å². The van der Waals surface area contributed by atoms with E-state index in [0.717, 1.165) is 70.5 Å². The fourth-order valence-electron chi connectivity index (χ4n) is 5.43. The number of piperidine rings is 2. The Morgan fingerprint density at radius 2 is 1.73 bits per heavy atom. The Morgan fingerprint density at radius 3 is 2.33 bits per heavy atom. The average Bonchev–Trinajstić information content (AvgIpc) is 2.67. The Hall–Kier alpha value is -1.27. The fraction of sp³-hybridized carbons (Fsp3) is 0.750. The summed E-state index contributed by atoms with van der Waals surface area (Å²) < 4.78 is 29.8. The second-order valence-electron chi connectivity index (χ2n) is 10.8. The summed E-state index contributed by atoms with van der Waals surface area (Å²) in [6.07, 6.45) is 7.67. The van der Waals surface area contributed by atoms with Gasteiger partial charge in [0.2, 0.25) is 0 Å². The van der Waals surface area contributed by atoms with Crippen molar-refractivity contribution in [1.82, 2.24) is 4.90 Å². The van der Waals surface area contributed by atoms with E-state index < -0.39 is 9.84 Å². The maximum Gasteiger partial charge on any atom is 0.147 e. The number of nitrogens with zero attached hydrogens (tertiary/aromatic N) is 2. The van der Waals surface area contributed by atoms with Crippen molar-refractivity contribution in [1.29, 1.82) is 0 Å². The number of hydrogen-bond acceptors (Lipinski definition) is 5. The first-order valence-electron chi connectivity index (χ1n) is 11.5. The lowest BCUT2D eigenvalue weighted by atomic mass is 9.82. The van der Waals surface area contributed by atoms with E-state index in [1.165, 1.54) is 17.5 Å². The molecule has 5 nitrogen and oxygen atoms in total. The molecule has 0 saturated carbocycles. The molecule has 3 aliphatic heterocycles. The average molecular weight is 435 g/mol. The number of aryl methyl sites for hydroxylation is 1. The van der Waals surface area contributed by atoms with E-state index in [4.69, 9.17) is 4.74 Å². The van der Waals surface area contributed by atoms with E-state index in [1.54, 1.807) is 0 Å². The summed E-state index contributed by atoms with van der Waals surface area (Å²) in [5.41, 5.74) is 2.83. The van der Waals surface area contributed by atoms with Crippen LogP contribution in [0.15, 0.2) is 18.2 Å².